The number of carbonyl (C=O) groups is 1. The Morgan fingerprint density at radius 3 is 2.89 bits per heavy atom. The van der Waals surface area contributed by atoms with Crippen molar-refractivity contribution in [3.63, 3.8) is 0 Å². The molecule has 6 heteroatoms. The number of hydrogen-bond acceptors (Lipinski definition) is 6. The predicted octanol–water partition coefficient (Wildman–Crippen LogP) is 1.90. The fraction of sp³-hybridized carbons (Fsp3) is 0.154. The SMILES string of the molecule is COC(=O)c1cc(Nc2cnccc2C)ncc1N. The molecule has 0 aliphatic rings. The Bertz CT molecular complexity index is 613. The van der Waals surface area contributed by atoms with E-state index in [0.717, 1.165) is 11.3 Å². The summed E-state index contributed by atoms with van der Waals surface area (Å²) in [6.07, 6.45) is 4.81. The molecule has 0 aromatic carbocycles. The molecule has 0 amide bonds. The van der Waals surface area contributed by atoms with Gasteiger partial charge in [-0.25, -0.2) is 9.78 Å². The van der Waals surface area contributed by atoms with Crippen molar-refractivity contribution in [1.82, 2.24) is 9.97 Å². The Balaban J connectivity index is 2.32. The molecule has 98 valence electrons. The lowest BCUT2D eigenvalue weighted by Gasteiger charge is -2.10. The summed E-state index contributed by atoms with van der Waals surface area (Å²) in [7, 11) is 1.31. The molecule has 0 radical (unpaired) electrons. The highest BCUT2D eigenvalue weighted by atomic mass is 16.5. The lowest BCUT2D eigenvalue weighted by molar-refractivity contribution is 0.0602. The molecule has 0 bridgehead atoms. The van der Waals surface area contributed by atoms with Gasteiger partial charge >= 0.3 is 5.97 Å². The molecule has 2 heterocycles. The highest BCUT2D eigenvalue weighted by Gasteiger charge is 2.12. The summed E-state index contributed by atoms with van der Waals surface area (Å²) in [6, 6.07) is 3.43. The van der Waals surface area contributed by atoms with Crippen molar-refractivity contribution < 1.29 is 9.53 Å². The number of nitrogen functional groups attached to an aromatic ring is 1. The van der Waals surface area contributed by atoms with Crippen LogP contribution in [-0.2, 0) is 4.74 Å². The van der Waals surface area contributed by atoms with E-state index in [9.17, 15) is 4.79 Å². The molecule has 0 saturated heterocycles. The van der Waals surface area contributed by atoms with E-state index in [1.165, 1.54) is 13.3 Å². The molecule has 3 N–H and O–H groups in total. The zero-order valence-electron chi connectivity index (χ0n) is 10.7. The lowest BCUT2D eigenvalue weighted by Crippen LogP contribution is -2.07. The number of methoxy groups -OCH3 is 1. The summed E-state index contributed by atoms with van der Waals surface area (Å²) in [6.45, 7) is 1.95. The molecular formula is C13H14N4O2. The highest BCUT2D eigenvalue weighted by molar-refractivity contribution is 5.95. The van der Waals surface area contributed by atoms with E-state index in [-0.39, 0.29) is 11.3 Å². The first-order chi connectivity index (χ1) is 9.11. The Kier molecular flexibility index (Phi) is 3.61. The van der Waals surface area contributed by atoms with Crippen molar-refractivity contribution in [3.05, 3.63) is 41.9 Å². The number of esters is 1. The van der Waals surface area contributed by atoms with Crippen molar-refractivity contribution in [2.45, 2.75) is 6.92 Å². The number of hydrogen-bond donors (Lipinski definition) is 2. The summed E-state index contributed by atoms with van der Waals surface area (Å²) in [4.78, 5) is 19.7. The van der Waals surface area contributed by atoms with Gasteiger partial charge in [-0.15, -0.1) is 0 Å². The molecule has 0 aliphatic heterocycles. The summed E-state index contributed by atoms with van der Waals surface area (Å²) in [5.41, 5.74) is 8.08. The molecule has 0 saturated carbocycles. The maximum absolute atomic E-state index is 11.5. The number of aryl methyl sites for hydroxylation is 1. The van der Waals surface area contributed by atoms with E-state index in [0.29, 0.717) is 5.82 Å². The average Bonchev–Trinajstić information content (AvgIpc) is 2.42. The van der Waals surface area contributed by atoms with Crippen LogP contribution < -0.4 is 11.1 Å². The van der Waals surface area contributed by atoms with Gasteiger partial charge in [-0.05, 0) is 24.6 Å². The van der Waals surface area contributed by atoms with Crippen molar-refractivity contribution in [2.24, 2.45) is 0 Å². The van der Waals surface area contributed by atoms with Crippen LogP contribution in [-0.4, -0.2) is 23.0 Å². The second kappa shape index (κ2) is 5.34. The van der Waals surface area contributed by atoms with E-state index in [2.05, 4.69) is 20.0 Å². The standard InChI is InChI=1S/C13H14N4O2/c1-8-3-4-15-7-11(8)17-12-5-9(13(18)19-2)10(14)6-16-12/h3-7H,14H2,1-2H3,(H,16,17). The van der Waals surface area contributed by atoms with Gasteiger partial charge in [0.15, 0.2) is 0 Å². The monoisotopic (exact) mass is 258 g/mol. The van der Waals surface area contributed by atoms with Crippen LogP contribution in [0.2, 0.25) is 0 Å². The number of nitrogens with zero attached hydrogens (tertiary/aromatic N) is 2. The Labute approximate surface area is 110 Å². The molecule has 6 nitrogen and oxygen atoms in total. The second-order valence-corrected chi connectivity index (χ2v) is 3.96. The molecule has 0 atom stereocenters. The van der Waals surface area contributed by atoms with E-state index in [4.69, 9.17) is 5.73 Å². The molecule has 2 aromatic rings. The molecule has 2 rings (SSSR count). The molecule has 0 fully saturated rings. The quantitative estimate of drug-likeness (QED) is 0.817. The number of anilines is 3. The van der Waals surface area contributed by atoms with Crippen molar-refractivity contribution in [1.29, 1.82) is 0 Å². The number of carbonyl (C=O) groups excluding carboxylic acids is 1. The third-order valence-corrected chi connectivity index (χ3v) is 2.64. The fourth-order valence-corrected chi connectivity index (χ4v) is 1.55. The fourth-order valence-electron chi connectivity index (χ4n) is 1.55. The van der Waals surface area contributed by atoms with Gasteiger partial charge < -0.3 is 15.8 Å². The first kappa shape index (κ1) is 12.8. The minimum absolute atomic E-state index is 0.278. The largest absolute Gasteiger partial charge is 0.465 e. The molecule has 0 unspecified atom stereocenters. The van der Waals surface area contributed by atoms with Crippen molar-refractivity contribution in [2.75, 3.05) is 18.2 Å². The number of ether oxygens (including phenoxy) is 1. The number of nitrogens with one attached hydrogen (secondary N) is 1. The zero-order valence-corrected chi connectivity index (χ0v) is 10.7. The van der Waals surface area contributed by atoms with Crippen LogP contribution in [0.25, 0.3) is 0 Å². The number of rotatable bonds is 3. The maximum atomic E-state index is 11.5. The smallest absolute Gasteiger partial charge is 0.340 e. The van der Waals surface area contributed by atoms with Crippen LogP contribution in [0.5, 0.6) is 0 Å². The van der Waals surface area contributed by atoms with Gasteiger partial charge in [0.2, 0.25) is 0 Å². The van der Waals surface area contributed by atoms with E-state index >= 15 is 0 Å². The first-order valence-electron chi connectivity index (χ1n) is 5.63. The van der Waals surface area contributed by atoms with Gasteiger partial charge in [-0.1, -0.05) is 0 Å². The summed E-state index contributed by atoms with van der Waals surface area (Å²) in [5, 5.41) is 3.08. The van der Waals surface area contributed by atoms with E-state index in [1.54, 1.807) is 18.5 Å². The normalized spacial score (nSPS) is 10.0. The third kappa shape index (κ3) is 2.79. The molecule has 2 aromatic heterocycles. The Hall–Kier alpha value is -2.63. The van der Waals surface area contributed by atoms with Crippen LogP contribution in [0.1, 0.15) is 15.9 Å². The number of aromatic nitrogens is 2. The van der Waals surface area contributed by atoms with Crippen LogP contribution in [0.3, 0.4) is 0 Å². The van der Waals surface area contributed by atoms with Gasteiger partial charge in [-0.3, -0.25) is 4.98 Å². The van der Waals surface area contributed by atoms with Crippen molar-refractivity contribution in [3.8, 4) is 0 Å². The first-order valence-corrected chi connectivity index (χ1v) is 5.63. The summed E-state index contributed by atoms with van der Waals surface area (Å²) in [5.74, 6) is 0.0107. The van der Waals surface area contributed by atoms with Gasteiger partial charge in [0.05, 0.1) is 36.4 Å². The van der Waals surface area contributed by atoms with E-state index < -0.39 is 5.97 Å². The van der Waals surface area contributed by atoms with Crippen LogP contribution in [0.15, 0.2) is 30.7 Å². The molecule has 19 heavy (non-hydrogen) atoms. The number of pyridine rings is 2. The van der Waals surface area contributed by atoms with Gasteiger partial charge in [-0.2, -0.15) is 0 Å². The second-order valence-electron chi connectivity index (χ2n) is 3.96. The zero-order chi connectivity index (χ0) is 13.8. The third-order valence-electron chi connectivity index (χ3n) is 2.64. The van der Waals surface area contributed by atoms with Crippen LogP contribution in [0, 0.1) is 6.92 Å². The highest BCUT2D eigenvalue weighted by Crippen LogP contribution is 2.21. The minimum atomic E-state index is -0.495. The maximum Gasteiger partial charge on any atom is 0.340 e. The van der Waals surface area contributed by atoms with Gasteiger partial charge in [0.25, 0.3) is 0 Å². The Morgan fingerprint density at radius 2 is 2.21 bits per heavy atom. The summed E-state index contributed by atoms with van der Waals surface area (Å²) >= 11 is 0. The molecule has 0 aliphatic carbocycles. The van der Waals surface area contributed by atoms with E-state index in [1.807, 2.05) is 13.0 Å². The summed E-state index contributed by atoms with van der Waals surface area (Å²) < 4.78 is 4.66. The average molecular weight is 258 g/mol. The topological polar surface area (TPSA) is 90.1 Å². The Morgan fingerprint density at radius 1 is 1.42 bits per heavy atom. The van der Waals surface area contributed by atoms with Gasteiger partial charge in [0, 0.05) is 6.20 Å². The molecular weight excluding hydrogens is 244 g/mol. The van der Waals surface area contributed by atoms with Gasteiger partial charge in [0.1, 0.15) is 5.82 Å². The van der Waals surface area contributed by atoms with Crippen LogP contribution >= 0.6 is 0 Å². The lowest BCUT2D eigenvalue weighted by atomic mass is 10.2. The van der Waals surface area contributed by atoms with Crippen molar-refractivity contribution >= 4 is 23.2 Å². The molecule has 0 spiro atoms. The van der Waals surface area contributed by atoms with Crippen LogP contribution in [0.4, 0.5) is 17.2 Å². The predicted molar refractivity (Wildman–Crippen MR) is 72.2 cm³/mol. The minimum Gasteiger partial charge on any atom is -0.465 e. The number of nitrogens with two attached hydrogens (primary N) is 1.